The molecule has 0 saturated carbocycles. The molecule has 0 atom stereocenters. The number of rotatable bonds is 0. The summed E-state index contributed by atoms with van der Waals surface area (Å²) in [5.74, 6) is 0.287. The third-order valence-electron chi connectivity index (χ3n) is 2.97. The van der Waals surface area contributed by atoms with Gasteiger partial charge in [-0.1, -0.05) is 121 Å². The van der Waals surface area contributed by atoms with Gasteiger partial charge < -0.3 is 20.4 Å². The van der Waals surface area contributed by atoms with Gasteiger partial charge in [-0.05, 0) is 0 Å². The molecule has 29 heavy (non-hydrogen) atoms. The second kappa shape index (κ2) is 16.9. The van der Waals surface area contributed by atoms with Crippen LogP contribution in [-0.4, -0.2) is 0 Å². The van der Waals surface area contributed by atoms with E-state index < -0.39 is 0 Å². The Morgan fingerprint density at radius 2 is 0.414 bits per heavy atom. The minimum atomic E-state index is 0. The van der Waals surface area contributed by atoms with Crippen LogP contribution in [0.2, 0.25) is 0 Å². The summed E-state index contributed by atoms with van der Waals surface area (Å²) in [6.45, 7) is 0. The minimum Gasteiger partial charge on any atom is -0.872 e. The Labute approximate surface area is 185 Å². The van der Waals surface area contributed by atoms with E-state index in [1.807, 2.05) is 24.3 Å². The normalized spacial score (nSPS) is 8.28. The van der Waals surface area contributed by atoms with E-state index in [1.54, 1.807) is 48.5 Å². The third kappa shape index (κ3) is 15.5. The van der Waals surface area contributed by atoms with Crippen LogP contribution in [0.1, 0.15) is 0 Å². The summed E-state index contributed by atoms with van der Waals surface area (Å²) < 4.78 is 0. The van der Waals surface area contributed by atoms with Crippen LogP contribution in [-0.2, 0) is 21.1 Å². The molecule has 0 aliphatic heterocycles. The van der Waals surface area contributed by atoms with Crippen LogP contribution >= 0.6 is 0 Å². The number of hydrogen-bond acceptors (Lipinski definition) is 4. The molecule has 0 heterocycles. The van der Waals surface area contributed by atoms with Crippen molar-refractivity contribution in [2.45, 2.75) is 0 Å². The topological polar surface area (TPSA) is 92.2 Å². The monoisotopic (exact) mass is 556 g/mol. The van der Waals surface area contributed by atoms with Crippen molar-refractivity contribution in [2.24, 2.45) is 0 Å². The summed E-state index contributed by atoms with van der Waals surface area (Å²) in [7, 11) is 0. The van der Waals surface area contributed by atoms with Crippen LogP contribution in [0.3, 0.4) is 0 Å². The fourth-order valence-electron chi connectivity index (χ4n) is 1.68. The molecule has 0 bridgehead atoms. The van der Waals surface area contributed by atoms with Crippen molar-refractivity contribution in [1.29, 1.82) is 0 Å². The van der Waals surface area contributed by atoms with Gasteiger partial charge in [-0.25, -0.2) is 0 Å². The van der Waals surface area contributed by atoms with Crippen LogP contribution in [0.5, 0.6) is 23.0 Å². The molecule has 0 radical (unpaired) electrons. The molecule has 5 heteroatoms. The standard InChI is InChI=1S/4C6H6O.W/c4*7-6-4-2-1-3-5-6;/h4*1-5,7H;/p-4. The molecule has 0 unspecified atom stereocenters. The zero-order chi connectivity index (χ0) is 20.5. The van der Waals surface area contributed by atoms with Crippen LogP contribution in [0.15, 0.2) is 121 Å². The van der Waals surface area contributed by atoms with E-state index in [9.17, 15) is 20.4 Å². The van der Waals surface area contributed by atoms with Crippen molar-refractivity contribution >= 4 is 0 Å². The fraction of sp³-hybridized carbons (Fsp3) is 0. The smallest absolute Gasteiger partial charge is 0 e. The second-order valence-corrected chi connectivity index (χ2v) is 5.25. The summed E-state index contributed by atoms with van der Waals surface area (Å²) in [5, 5.41) is 41.1. The van der Waals surface area contributed by atoms with E-state index in [1.165, 1.54) is 48.5 Å². The average molecular weight is 556 g/mol. The molecule has 4 aromatic rings. The van der Waals surface area contributed by atoms with Gasteiger partial charge in [-0.15, -0.1) is 23.0 Å². The zero-order valence-electron chi connectivity index (χ0n) is 15.6. The van der Waals surface area contributed by atoms with E-state index in [4.69, 9.17) is 0 Å². The van der Waals surface area contributed by atoms with Crippen LogP contribution in [0.4, 0.5) is 0 Å². The fourth-order valence-corrected chi connectivity index (χ4v) is 1.68. The molecule has 4 aromatic carbocycles. The van der Waals surface area contributed by atoms with Gasteiger partial charge in [0.15, 0.2) is 0 Å². The van der Waals surface area contributed by atoms with Crippen LogP contribution in [0, 0.1) is 0 Å². The van der Waals surface area contributed by atoms with Crippen molar-refractivity contribution in [1.82, 2.24) is 0 Å². The van der Waals surface area contributed by atoms with Crippen molar-refractivity contribution in [2.75, 3.05) is 0 Å². The predicted octanol–water partition coefficient (Wildman–Crippen LogP) is 3.04. The first-order chi connectivity index (χ1) is 13.6. The molecular formula is C24H20O4W-4. The molecule has 0 fully saturated rings. The molecule has 0 N–H and O–H groups in total. The Bertz CT molecular complexity index is 693. The molecule has 0 aliphatic carbocycles. The first-order valence-corrected chi connectivity index (χ1v) is 8.46. The molecule has 150 valence electrons. The molecular weight excluding hydrogens is 536 g/mol. The quantitative estimate of drug-likeness (QED) is 0.333. The number of benzene rings is 4. The Hall–Kier alpha value is -3.23. The maximum Gasteiger partial charge on any atom is 0 e. The van der Waals surface area contributed by atoms with Gasteiger partial charge in [-0.2, -0.15) is 0 Å². The van der Waals surface area contributed by atoms with E-state index in [0.717, 1.165) is 0 Å². The van der Waals surface area contributed by atoms with Crippen molar-refractivity contribution in [3.8, 4) is 23.0 Å². The van der Waals surface area contributed by atoms with E-state index in [-0.39, 0.29) is 44.1 Å². The summed E-state index contributed by atoms with van der Waals surface area (Å²) >= 11 is 0. The SMILES string of the molecule is [O-]c1ccccc1.[O-]c1ccccc1.[O-]c1ccccc1.[O-]c1ccccc1.[W]. The Morgan fingerprint density at radius 3 is 0.483 bits per heavy atom. The molecule has 4 nitrogen and oxygen atoms in total. The van der Waals surface area contributed by atoms with E-state index in [0.29, 0.717) is 0 Å². The average Bonchev–Trinajstić information content (AvgIpc) is 2.72. The Balaban J connectivity index is 0.000000356. The zero-order valence-corrected chi connectivity index (χ0v) is 18.5. The van der Waals surface area contributed by atoms with E-state index in [2.05, 4.69) is 0 Å². The van der Waals surface area contributed by atoms with Crippen molar-refractivity contribution in [3.05, 3.63) is 121 Å². The first kappa shape index (κ1) is 25.8. The largest absolute Gasteiger partial charge is 0.872 e. The number of hydrogen-bond donors (Lipinski definition) is 0. The second-order valence-electron chi connectivity index (χ2n) is 5.25. The molecule has 4 rings (SSSR count). The summed E-state index contributed by atoms with van der Waals surface area (Å²) in [6, 6.07) is 33.3. The van der Waals surface area contributed by atoms with Crippen LogP contribution in [0.25, 0.3) is 0 Å². The molecule has 0 saturated heterocycles. The molecule has 0 amide bonds. The first-order valence-electron chi connectivity index (χ1n) is 8.46. The Kier molecular flexibility index (Phi) is 15.0. The minimum absolute atomic E-state index is 0. The number of para-hydroxylation sites is 4. The molecule has 0 spiro atoms. The van der Waals surface area contributed by atoms with E-state index >= 15 is 0 Å². The van der Waals surface area contributed by atoms with Crippen molar-refractivity contribution in [3.63, 3.8) is 0 Å². The van der Waals surface area contributed by atoms with Gasteiger partial charge in [0.2, 0.25) is 0 Å². The Morgan fingerprint density at radius 1 is 0.276 bits per heavy atom. The van der Waals surface area contributed by atoms with Gasteiger partial charge in [0.05, 0.1) is 0 Å². The molecule has 0 aliphatic rings. The van der Waals surface area contributed by atoms with Gasteiger partial charge in [-0.3, -0.25) is 0 Å². The maximum atomic E-state index is 10.3. The third-order valence-corrected chi connectivity index (χ3v) is 2.97. The summed E-state index contributed by atoms with van der Waals surface area (Å²) in [6.07, 6.45) is 0. The van der Waals surface area contributed by atoms with Gasteiger partial charge in [0, 0.05) is 21.1 Å². The molecule has 0 aromatic heterocycles. The van der Waals surface area contributed by atoms with Crippen LogP contribution < -0.4 is 20.4 Å². The summed E-state index contributed by atoms with van der Waals surface area (Å²) in [5.41, 5.74) is 0. The van der Waals surface area contributed by atoms with Crippen molar-refractivity contribution < 1.29 is 41.5 Å². The maximum absolute atomic E-state index is 10.3. The predicted molar refractivity (Wildman–Crippen MR) is 104 cm³/mol. The van der Waals surface area contributed by atoms with Gasteiger partial charge in [0.25, 0.3) is 0 Å². The summed E-state index contributed by atoms with van der Waals surface area (Å²) in [4.78, 5) is 0. The van der Waals surface area contributed by atoms with Gasteiger partial charge in [0.1, 0.15) is 0 Å². The van der Waals surface area contributed by atoms with Gasteiger partial charge >= 0.3 is 0 Å².